The van der Waals surface area contributed by atoms with E-state index >= 15 is 0 Å². The van der Waals surface area contributed by atoms with Crippen LogP contribution in [0.15, 0.2) is 65.1 Å². The van der Waals surface area contributed by atoms with Gasteiger partial charge in [-0.15, -0.1) is 0 Å². The lowest BCUT2D eigenvalue weighted by molar-refractivity contribution is -0.348. The van der Waals surface area contributed by atoms with Crippen molar-refractivity contribution in [3.63, 3.8) is 0 Å². The van der Waals surface area contributed by atoms with Crippen molar-refractivity contribution >= 4 is 39.1 Å². The molecule has 3 aromatic carbocycles. The molecule has 2 amide bonds. The Kier molecular flexibility index (Phi) is 8.81. The Morgan fingerprint density at radius 1 is 0.818 bits per heavy atom. The number of rotatable bonds is 7. The number of anilines is 2. The third-order valence-electron chi connectivity index (χ3n) is 6.71. The van der Waals surface area contributed by atoms with Gasteiger partial charge in [-0.25, -0.2) is 8.78 Å². The summed E-state index contributed by atoms with van der Waals surface area (Å²) in [5, 5.41) is 1.81. The molecule has 0 heterocycles. The van der Waals surface area contributed by atoms with Gasteiger partial charge >= 0.3 is 24.2 Å². The molecule has 1 aliphatic carbocycles. The summed E-state index contributed by atoms with van der Waals surface area (Å²) in [5.41, 5.74) is -12.2. The van der Waals surface area contributed by atoms with Crippen LogP contribution in [0.3, 0.4) is 0 Å². The fraction of sp³-hybridized carbons (Fsp3) is 0.286. The number of carbonyl (C=O) groups excluding carboxylic acids is 2. The van der Waals surface area contributed by atoms with Crippen LogP contribution in [0.2, 0.25) is 0 Å². The molecule has 0 saturated heterocycles. The van der Waals surface area contributed by atoms with Crippen LogP contribution < -0.4 is 10.2 Å². The lowest BCUT2D eigenvalue weighted by atomic mass is 9.92. The number of benzene rings is 3. The van der Waals surface area contributed by atoms with E-state index in [4.69, 9.17) is 0 Å². The number of halogens is 12. The van der Waals surface area contributed by atoms with E-state index in [0.29, 0.717) is 0 Å². The predicted molar refractivity (Wildman–Crippen MR) is 139 cm³/mol. The first kappa shape index (κ1) is 33.2. The van der Waals surface area contributed by atoms with E-state index in [2.05, 4.69) is 15.9 Å². The fourth-order valence-corrected chi connectivity index (χ4v) is 4.82. The molecule has 1 aliphatic rings. The number of nitrogens with one attached hydrogen (secondary N) is 1. The number of hydrogen-bond acceptors (Lipinski definition) is 2. The summed E-state index contributed by atoms with van der Waals surface area (Å²) in [7, 11) is 0. The highest BCUT2D eigenvalue weighted by molar-refractivity contribution is 9.10. The Morgan fingerprint density at radius 2 is 1.41 bits per heavy atom. The van der Waals surface area contributed by atoms with E-state index in [-0.39, 0.29) is 35.3 Å². The predicted octanol–water partition coefficient (Wildman–Crippen LogP) is 9.21. The molecular weight excluding hydrogens is 685 g/mol. The van der Waals surface area contributed by atoms with E-state index in [0.717, 1.165) is 37.1 Å². The minimum atomic E-state index is -6.68. The molecule has 44 heavy (non-hydrogen) atoms. The van der Waals surface area contributed by atoms with E-state index in [1.807, 2.05) is 5.32 Å². The summed E-state index contributed by atoms with van der Waals surface area (Å²) in [5.74, 6) is -2.35. The molecular formula is C28H18BrF11N2O2. The standard InChI is InChI=1S/C28H18BrF11N2O2/c29-21-12-17(25(31,27(35,36)37)28(38,39)40)11-20(26(32,33)34)22(21)41-23(43)16-2-1-3-19(10-16)42(13-14-4-5-14)24(44)15-6-8-18(30)9-7-15/h1-3,6-12,14H,4-5,13H2,(H,41,43). The van der Waals surface area contributed by atoms with Crippen LogP contribution in [0.5, 0.6) is 0 Å². The second kappa shape index (κ2) is 11.7. The lowest BCUT2D eigenvalue weighted by Crippen LogP contribution is -2.50. The first-order valence-corrected chi connectivity index (χ1v) is 13.3. The van der Waals surface area contributed by atoms with E-state index in [1.54, 1.807) is 0 Å². The summed E-state index contributed by atoms with van der Waals surface area (Å²) in [6.07, 6.45) is -17.4. The Labute approximate surface area is 250 Å². The zero-order valence-corrected chi connectivity index (χ0v) is 23.4. The summed E-state index contributed by atoms with van der Waals surface area (Å²) in [4.78, 5) is 27.6. The third kappa shape index (κ3) is 6.69. The molecule has 0 spiro atoms. The summed E-state index contributed by atoms with van der Waals surface area (Å²) in [6.45, 7) is 0.190. The highest BCUT2D eigenvalue weighted by Gasteiger charge is 2.73. The van der Waals surface area contributed by atoms with Crippen LogP contribution >= 0.6 is 15.9 Å². The first-order chi connectivity index (χ1) is 20.2. The molecule has 0 aromatic heterocycles. The average Bonchev–Trinajstić information content (AvgIpc) is 3.74. The van der Waals surface area contributed by atoms with Gasteiger partial charge in [-0.1, -0.05) is 6.07 Å². The van der Waals surface area contributed by atoms with Gasteiger partial charge in [0.1, 0.15) is 5.82 Å². The molecule has 0 bridgehead atoms. The molecule has 1 fully saturated rings. The fourth-order valence-electron chi connectivity index (χ4n) is 4.26. The maximum absolute atomic E-state index is 14.6. The van der Waals surface area contributed by atoms with Gasteiger partial charge in [0, 0.05) is 33.4 Å². The minimum absolute atomic E-state index is 0.0994. The summed E-state index contributed by atoms with van der Waals surface area (Å²) >= 11 is 2.44. The van der Waals surface area contributed by atoms with Crippen molar-refractivity contribution in [1.82, 2.24) is 0 Å². The van der Waals surface area contributed by atoms with Gasteiger partial charge in [-0.05, 0) is 89.3 Å². The molecule has 236 valence electrons. The van der Waals surface area contributed by atoms with Crippen LogP contribution in [0.4, 0.5) is 59.7 Å². The van der Waals surface area contributed by atoms with Crippen molar-refractivity contribution in [2.45, 2.75) is 37.0 Å². The first-order valence-electron chi connectivity index (χ1n) is 12.5. The van der Waals surface area contributed by atoms with Gasteiger partial charge in [0.15, 0.2) is 0 Å². The van der Waals surface area contributed by atoms with Gasteiger partial charge < -0.3 is 10.2 Å². The molecule has 0 aliphatic heterocycles. The second-order valence-electron chi connectivity index (χ2n) is 9.90. The number of nitrogens with zero attached hydrogens (tertiary/aromatic N) is 1. The molecule has 1 N–H and O–H groups in total. The largest absolute Gasteiger partial charge is 0.435 e. The molecule has 1 saturated carbocycles. The third-order valence-corrected chi connectivity index (χ3v) is 7.33. The molecule has 16 heteroatoms. The number of hydrogen-bond donors (Lipinski definition) is 1. The SMILES string of the molecule is O=C(Nc1c(Br)cc(C(F)(C(F)(F)F)C(F)(F)F)cc1C(F)(F)F)c1cccc(N(CC2CC2)C(=O)c2ccc(F)cc2)c1. The molecule has 4 rings (SSSR count). The highest BCUT2D eigenvalue weighted by Crippen LogP contribution is 2.55. The van der Waals surface area contributed by atoms with Crippen molar-refractivity contribution in [3.8, 4) is 0 Å². The normalized spacial score (nSPS) is 14.4. The quantitative estimate of drug-likeness (QED) is 0.250. The lowest BCUT2D eigenvalue weighted by Gasteiger charge is -2.31. The van der Waals surface area contributed by atoms with Crippen LogP contribution in [-0.4, -0.2) is 30.7 Å². The Balaban J connectivity index is 1.72. The van der Waals surface area contributed by atoms with Gasteiger partial charge in [0.05, 0.1) is 11.3 Å². The average molecular weight is 703 g/mol. The van der Waals surface area contributed by atoms with Gasteiger partial charge in [0.25, 0.3) is 11.8 Å². The topological polar surface area (TPSA) is 49.4 Å². The van der Waals surface area contributed by atoms with Gasteiger partial charge in [-0.2, -0.15) is 39.5 Å². The van der Waals surface area contributed by atoms with Gasteiger partial charge in [0.2, 0.25) is 0 Å². The summed E-state index contributed by atoms with van der Waals surface area (Å²) in [6, 6.07) is 8.73. The van der Waals surface area contributed by atoms with Crippen LogP contribution in [-0.2, 0) is 11.8 Å². The van der Waals surface area contributed by atoms with E-state index in [1.165, 1.54) is 29.2 Å². The molecule has 0 unspecified atom stereocenters. The number of carbonyl (C=O) groups is 2. The zero-order valence-electron chi connectivity index (χ0n) is 21.8. The Hall–Kier alpha value is -3.69. The highest BCUT2D eigenvalue weighted by atomic mass is 79.9. The number of amides is 2. The zero-order chi connectivity index (χ0) is 32.8. The van der Waals surface area contributed by atoms with Crippen molar-refractivity contribution in [1.29, 1.82) is 0 Å². The molecule has 3 aromatic rings. The van der Waals surface area contributed by atoms with E-state index in [9.17, 15) is 57.9 Å². The van der Waals surface area contributed by atoms with E-state index < -0.39 is 69.2 Å². The van der Waals surface area contributed by atoms with Crippen LogP contribution in [0.1, 0.15) is 44.7 Å². The van der Waals surface area contributed by atoms with Gasteiger partial charge in [-0.3, -0.25) is 9.59 Å². The van der Waals surface area contributed by atoms with Crippen molar-refractivity contribution in [2.75, 3.05) is 16.8 Å². The maximum Gasteiger partial charge on any atom is 0.435 e. The molecule has 0 radical (unpaired) electrons. The minimum Gasteiger partial charge on any atom is -0.320 e. The van der Waals surface area contributed by atoms with Crippen molar-refractivity contribution in [3.05, 3.63) is 93.2 Å². The Morgan fingerprint density at radius 3 is 1.93 bits per heavy atom. The summed E-state index contributed by atoms with van der Waals surface area (Å²) < 4.78 is 148. The molecule has 0 atom stereocenters. The van der Waals surface area contributed by atoms with Crippen molar-refractivity contribution in [2.24, 2.45) is 5.92 Å². The van der Waals surface area contributed by atoms with Crippen LogP contribution in [0.25, 0.3) is 0 Å². The van der Waals surface area contributed by atoms with Crippen molar-refractivity contribution < 1.29 is 57.9 Å². The smallest absolute Gasteiger partial charge is 0.320 e. The second-order valence-corrected chi connectivity index (χ2v) is 10.8. The Bertz CT molecular complexity index is 1550. The monoisotopic (exact) mass is 702 g/mol. The number of alkyl halides is 10. The van der Waals surface area contributed by atoms with Crippen LogP contribution in [0, 0.1) is 11.7 Å². The maximum atomic E-state index is 14.6. The molecule has 4 nitrogen and oxygen atoms in total.